The molecule has 0 fully saturated rings. The lowest BCUT2D eigenvalue weighted by Crippen LogP contribution is -1.96. The highest BCUT2D eigenvalue weighted by Crippen LogP contribution is 2.27. The highest BCUT2D eigenvalue weighted by molar-refractivity contribution is 6.08. The van der Waals surface area contributed by atoms with Crippen LogP contribution in [0.25, 0.3) is 17.0 Å². The number of hydrogen-bond donors (Lipinski definition) is 0. The van der Waals surface area contributed by atoms with Crippen LogP contribution >= 0.6 is 0 Å². The standard InChI is InChI=1S/C18H15NO2/c1-2-14-15-7-3-4-8-17(15)21-18(14)16(20)10-9-13-6-5-11-19-12-13/h3-12H,2H2,1H3. The number of allylic oxidation sites excluding steroid dienone is 1. The summed E-state index contributed by atoms with van der Waals surface area (Å²) in [6, 6.07) is 11.5. The number of carbonyl (C=O) groups excluding carboxylic acids is 1. The fourth-order valence-electron chi connectivity index (χ4n) is 2.37. The van der Waals surface area contributed by atoms with Crippen LogP contribution in [0.1, 0.15) is 28.6 Å². The Morgan fingerprint density at radius 1 is 1.24 bits per heavy atom. The molecule has 0 aliphatic rings. The Morgan fingerprint density at radius 2 is 2.10 bits per heavy atom. The second-order valence-electron chi connectivity index (χ2n) is 4.74. The molecular weight excluding hydrogens is 262 g/mol. The third kappa shape index (κ3) is 2.63. The number of carbonyl (C=O) groups is 1. The van der Waals surface area contributed by atoms with E-state index in [1.807, 2.05) is 43.3 Å². The van der Waals surface area contributed by atoms with E-state index in [1.165, 1.54) is 6.08 Å². The van der Waals surface area contributed by atoms with Crippen LogP contribution in [0.4, 0.5) is 0 Å². The SMILES string of the molecule is CCc1c(C(=O)C=Cc2cccnc2)oc2ccccc12. The summed E-state index contributed by atoms with van der Waals surface area (Å²) in [6.07, 6.45) is 7.46. The van der Waals surface area contributed by atoms with E-state index in [4.69, 9.17) is 4.42 Å². The third-order valence-electron chi connectivity index (χ3n) is 3.39. The summed E-state index contributed by atoms with van der Waals surface area (Å²) in [4.78, 5) is 16.4. The van der Waals surface area contributed by atoms with Crippen molar-refractivity contribution in [1.29, 1.82) is 0 Å². The van der Waals surface area contributed by atoms with Gasteiger partial charge in [0, 0.05) is 23.3 Å². The monoisotopic (exact) mass is 277 g/mol. The van der Waals surface area contributed by atoms with E-state index in [-0.39, 0.29) is 5.78 Å². The number of pyridine rings is 1. The molecule has 0 radical (unpaired) electrons. The predicted molar refractivity (Wildman–Crippen MR) is 83.2 cm³/mol. The van der Waals surface area contributed by atoms with E-state index in [9.17, 15) is 4.79 Å². The molecule has 3 heteroatoms. The Balaban J connectivity index is 1.96. The maximum atomic E-state index is 12.4. The molecule has 0 aliphatic heterocycles. The van der Waals surface area contributed by atoms with Gasteiger partial charge in [-0.15, -0.1) is 0 Å². The van der Waals surface area contributed by atoms with Gasteiger partial charge in [-0.1, -0.05) is 31.2 Å². The number of para-hydroxylation sites is 1. The molecule has 2 aromatic heterocycles. The summed E-state index contributed by atoms with van der Waals surface area (Å²) in [5.74, 6) is 0.311. The van der Waals surface area contributed by atoms with Crippen LogP contribution in [0.2, 0.25) is 0 Å². The highest BCUT2D eigenvalue weighted by atomic mass is 16.3. The molecule has 21 heavy (non-hydrogen) atoms. The fourth-order valence-corrected chi connectivity index (χ4v) is 2.37. The van der Waals surface area contributed by atoms with Gasteiger partial charge in [-0.25, -0.2) is 0 Å². The van der Waals surface area contributed by atoms with Crippen LogP contribution in [-0.2, 0) is 6.42 Å². The molecule has 0 saturated carbocycles. The van der Waals surface area contributed by atoms with Crippen molar-refractivity contribution in [2.75, 3.05) is 0 Å². The average molecular weight is 277 g/mol. The molecule has 0 spiro atoms. The molecule has 3 aromatic rings. The van der Waals surface area contributed by atoms with Crippen LogP contribution in [0.5, 0.6) is 0 Å². The average Bonchev–Trinajstić information content (AvgIpc) is 2.92. The quantitative estimate of drug-likeness (QED) is 0.528. The predicted octanol–water partition coefficient (Wildman–Crippen LogP) is 4.29. The minimum absolute atomic E-state index is 0.119. The van der Waals surface area contributed by atoms with Gasteiger partial charge >= 0.3 is 0 Å². The molecule has 0 unspecified atom stereocenters. The van der Waals surface area contributed by atoms with E-state index in [0.29, 0.717) is 5.76 Å². The summed E-state index contributed by atoms with van der Waals surface area (Å²) in [7, 11) is 0. The van der Waals surface area contributed by atoms with E-state index < -0.39 is 0 Å². The maximum absolute atomic E-state index is 12.4. The van der Waals surface area contributed by atoms with Crippen LogP contribution < -0.4 is 0 Å². The van der Waals surface area contributed by atoms with Gasteiger partial charge in [0.25, 0.3) is 0 Å². The first-order chi connectivity index (χ1) is 10.3. The smallest absolute Gasteiger partial charge is 0.221 e. The Kier molecular flexibility index (Phi) is 3.65. The molecule has 2 heterocycles. The number of aryl methyl sites for hydroxylation is 1. The van der Waals surface area contributed by atoms with Gasteiger partial charge in [0.1, 0.15) is 5.58 Å². The molecular formula is C18H15NO2. The summed E-state index contributed by atoms with van der Waals surface area (Å²) < 4.78 is 5.72. The zero-order valence-corrected chi connectivity index (χ0v) is 11.7. The molecule has 3 nitrogen and oxygen atoms in total. The summed E-state index contributed by atoms with van der Waals surface area (Å²) in [5.41, 5.74) is 2.61. The molecule has 1 aromatic carbocycles. The Morgan fingerprint density at radius 3 is 2.86 bits per heavy atom. The molecule has 104 valence electrons. The number of fused-ring (bicyclic) bond motifs is 1. The lowest BCUT2D eigenvalue weighted by atomic mass is 10.1. The van der Waals surface area contributed by atoms with Gasteiger partial charge in [-0.3, -0.25) is 9.78 Å². The summed E-state index contributed by atoms with van der Waals surface area (Å²) in [5, 5.41) is 1.01. The van der Waals surface area contributed by atoms with Gasteiger partial charge < -0.3 is 4.42 Å². The van der Waals surface area contributed by atoms with Crippen molar-refractivity contribution in [2.45, 2.75) is 13.3 Å². The van der Waals surface area contributed by atoms with Gasteiger partial charge in [-0.2, -0.15) is 0 Å². The van der Waals surface area contributed by atoms with E-state index in [1.54, 1.807) is 18.5 Å². The molecule has 0 saturated heterocycles. The summed E-state index contributed by atoms with van der Waals surface area (Å²) in [6.45, 7) is 2.03. The number of ketones is 1. The largest absolute Gasteiger partial charge is 0.452 e. The van der Waals surface area contributed by atoms with Crippen molar-refractivity contribution < 1.29 is 9.21 Å². The summed E-state index contributed by atoms with van der Waals surface area (Å²) >= 11 is 0. The van der Waals surface area contributed by atoms with Crippen molar-refractivity contribution in [1.82, 2.24) is 4.98 Å². The first kappa shape index (κ1) is 13.3. The molecule has 0 aliphatic carbocycles. The Hall–Kier alpha value is -2.68. The lowest BCUT2D eigenvalue weighted by molar-refractivity contribution is 0.102. The molecule has 0 N–H and O–H groups in total. The highest BCUT2D eigenvalue weighted by Gasteiger charge is 2.16. The lowest BCUT2D eigenvalue weighted by Gasteiger charge is -1.95. The van der Waals surface area contributed by atoms with Crippen molar-refractivity contribution in [3.8, 4) is 0 Å². The topological polar surface area (TPSA) is 43.1 Å². The number of hydrogen-bond acceptors (Lipinski definition) is 3. The normalized spacial score (nSPS) is 11.3. The van der Waals surface area contributed by atoms with Crippen molar-refractivity contribution >= 4 is 22.8 Å². The van der Waals surface area contributed by atoms with Gasteiger partial charge in [0.15, 0.2) is 5.76 Å². The Bertz CT molecular complexity index is 800. The van der Waals surface area contributed by atoms with Crippen molar-refractivity contribution in [2.24, 2.45) is 0 Å². The van der Waals surface area contributed by atoms with Crippen molar-refractivity contribution in [3.63, 3.8) is 0 Å². The van der Waals surface area contributed by atoms with E-state index in [2.05, 4.69) is 4.98 Å². The first-order valence-electron chi connectivity index (χ1n) is 6.92. The van der Waals surface area contributed by atoms with Gasteiger partial charge in [0.2, 0.25) is 5.78 Å². The number of furan rings is 1. The zero-order chi connectivity index (χ0) is 14.7. The molecule has 0 atom stereocenters. The van der Waals surface area contributed by atoms with Gasteiger partial charge in [0.05, 0.1) is 0 Å². The van der Waals surface area contributed by atoms with Crippen LogP contribution in [0.3, 0.4) is 0 Å². The van der Waals surface area contributed by atoms with Crippen LogP contribution in [0.15, 0.2) is 59.3 Å². The van der Waals surface area contributed by atoms with Gasteiger partial charge in [-0.05, 0) is 36.3 Å². The number of benzene rings is 1. The number of rotatable bonds is 4. The van der Waals surface area contributed by atoms with E-state index >= 15 is 0 Å². The van der Waals surface area contributed by atoms with Crippen LogP contribution in [-0.4, -0.2) is 10.8 Å². The maximum Gasteiger partial charge on any atom is 0.221 e. The second-order valence-corrected chi connectivity index (χ2v) is 4.74. The van der Waals surface area contributed by atoms with E-state index in [0.717, 1.165) is 28.5 Å². The number of aromatic nitrogens is 1. The Labute approximate surface area is 122 Å². The minimum Gasteiger partial charge on any atom is -0.452 e. The van der Waals surface area contributed by atoms with Crippen LogP contribution in [0, 0.1) is 0 Å². The first-order valence-corrected chi connectivity index (χ1v) is 6.92. The number of nitrogens with zero attached hydrogens (tertiary/aromatic N) is 1. The molecule has 0 bridgehead atoms. The van der Waals surface area contributed by atoms with Crippen molar-refractivity contribution in [3.05, 3.63) is 71.8 Å². The minimum atomic E-state index is -0.119. The molecule has 3 rings (SSSR count). The molecule has 0 amide bonds. The fraction of sp³-hybridized carbons (Fsp3) is 0.111. The zero-order valence-electron chi connectivity index (χ0n) is 11.7. The third-order valence-corrected chi connectivity index (χ3v) is 3.39. The second kappa shape index (κ2) is 5.75.